The summed E-state index contributed by atoms with van der Waals surface area (Å²) in [5, 5.41) is 5.06. The van der Waals surface area contributed by atoms with Gasteiger partial charge in [-0.1, -0.05) is 146 Å². The van der Waals surface area contributed by atoms with Crippen LogP contribution in [-0.2, 0) is 5.41 Å². The second-order valence-corrected chi connectivity index (χ2v) is 16.0. The molecule has 57 heavy (non-hydrogen) atoms. The van der Waals surface area contributed by atoms with E-state index in [0.717, 1.165) is 0 Å². The van der Waals surface area contributed by atoms with Gasteiger partial charge in [0.1, 0.15) is 0 Å². The molecule has 3 aliphatic rings. The Kier molecular flexibility index (Phi) is 6.24. The molecule has 0 radical (unpaired) electrons. The fraction of sp³-hybridized carbons (Fsp3) is 0.0545. The largest absolute Gasteiger partial charge is 0.309 e. The van der Waals surface area contributed by atoms with Gasteiger partial charge in [-0.2, -0.15) is 0 Å². The van der Waals surface area contributed by atoms with Crippen LogP contribution in [0.1, 0.15) is 28.2 Å². The topological polar surface area (TPSA) is 9.86 Å². The van der Waals surface area contributed by atoms with Crippen molar-refractivity contribution in [2.45, 2.75) is 11.3 Å². The molecule has 0 amide bonds. The molecule has 3 aliphatic carbocycles. The van der Waals surface area contributed by atoms with E-state index in [2.05, 4.69) is 215 Å². The van der Waals surface area contributed by atoms with Gasteiger partial charge in [-0.15, -0.1) is 0 Å². The van der Waals surface area contributed by atoms with Gasteiger partial charge in [0.15, 0.2) is 0 Å². The Morgan fingerprint density at radius 1 is 0.368 bits per heavy atom. The molecule has 1 spiro atoms. The van der Waals surface area contributed by atoms with Crippen LogP contribution in [0.25, 0.3) is 77.2 Å². The van der Waals surface area contributed by atoms with Crippen LogP contribution >= 0.6 is 0 Å². The summed E-state index contributed by atoms with van der Waals surface area (Å²) in [5.41, 5.74) is 17.9. The van der Waals surface area contributed by atoms with E-state index in [4.69, 9.17) is 0 Å². The molecule has 2 heterocycles. The second kappa shape index (κ2) is 11.4. The summed E-state index contributed by atoms with van der Waals surface area (Å²) in [4.78, 5) is 0. The first-order valence-corrected chi connectivity index (χ1v) is 20.1. The zero-order valence-corrected chi connectivity index (χ0v) is 31.2. The molecule has 3 unspecified atom stereocenters. The fourth-order valence-electron chi connectivity index (χ4n) is 11.2. The molecule has 2 aromatic heterocycles. The molecule has 0 N–H and O–H groups in total. The molecule has 13 rings (SSSR count). The Labute approximate surface area is 330 Å². The van der Waals surface area contributed by atoms with Crippen molar-refractivity contribution in [3.8, 4) is 33.6 Å². The molecule has 3 atom stereocenters. The monoisotopic (exact) mass is 724 g/mol. The first kappa shape index (κ1) is 31.1. The third-order valence-electron chi connectivity index (χ3n) is 13.4. The number of rotatable bonds is 3. The van der Waals surface area contributed by atoms with Gasteiger partial charge in [-0.05, 0) is 105 Å². The van der Waals surface area contributed by atoms with Gasteiger partial charge in [0.25, 0.3) is 0 Å². The maximum absolute atomic E-state index is 2.48. The number of fused-ring (bicyclic) bond motifs is 16. The van der Waals surface area contributed by atoms with Crippen molar-refractivity contribution < 1.29 is 0 Å². The van der Waals surface area contributed by atoms with Crippen molar-refractivity contribution in [2.24, 2.45) is 5.92 Å². The second-order valence-electron chi connectivity index (χ2n) is 16.0. The molecule has 10 aromatic rings. The molecular formula is C55H36N2. The highest BCUT2D eigenvalue weighted by Gasteiger charge is 2.56. The summed E-state index contributed by atoms with van der Waals surface area (Å²) in [5.74, 6) is 0.688. The fourth-order valence-corrected chi connectivity index (χ4v) is 11.2. The van der Waals surface area contributed by atoms with Crippen LogP contribution in [0, 0.1) is 5.92 Å². The molecule has 2 nitrogen and oxygen atoms in total. The highest BCUT2D eigenvalue weighted by molar-refractivity contribution is 6.12. The van der Waals surface area contributed by atoms with Crippen LogP contribution in [-0.4, -0.2) is 9.13 Å². The van der Waals surface area contributed by atoms with Crippen molar-refractivity contribution in [2.75, 3.05) is 0 Å². The van der Waals surface area contributed by atoms with E-state index in [9.17, 15) is 0 Å². The molecule has 266 valence electrons. The van der Waals surface area contributed by atoms with Gasteiger partial charge in [0.05, 0.1) is 27.5 Å². The molecule has 2 heteroatoms. The van der Waals surface area contributed by atoms with Gasteiger partial charge in [-0.3, -0.25) is 0 Å². The summed E-state index contributed by atoms with van der Waals surface area (Å²) in [6.45, 7) is 0. The minimum absolute atomic E-state index is 0.225. The number of para-hydroxylation sites is 3. The van der Waals surface area contributed by atoms with Crippen molar-refractivity contribution in [1.82, 2.24) is 9.13 Å². The van der Waals surface area contributed by atoms with Crippen LogP contribution in [0.4, 0.5) is 0 Å². The number of benzene rings is 8. The molecule has 8 aromatic carbocycles. The van der Waals surface area contributed by atoms with Gasteiger partial charge < -0.3 is 9.13 Å². The normalized spacial score (nSPS) is 18.8. The number of allylic oxidation sites excluding steroid dienone is 4. The minimum Gasteiger partial charge on any atom is -0.309 e. The van der Waals surface area contributed by atoms with E-state index >= 15 is 0 Å². The molecular weight excluding hydrogens is 689 g/mol. The lowest BCUT2D eigenvalue weighted by Crippen LogP contribution is -2.32. The Morgan fingerprint density at radius 2 is 0.930 bits per heavy atom. The first-order chi connectivity index (χ1) is 28.3. The highest BCUT2D eigenvalue weighted by atomic mass is 15.0. The summed E-state index contributed by atoms with van der Waals surface area (Å²) in [6, 6.07) is 68.0. The molecule has 0 aliphatic heterocycles. The van der Waals surface area contributed by atoms with Crippen molar-refractivity contribution in [1.29, 1.82) is 0 Å². The van der Waals surface area contributed by atoms with Crippen LogP contribution < -0.4 is 0 Å². The maximum Gasteiger partial charge on any atom is 0.0541 e. The van der Waals surface area contributed by atoms with Crippen molar-refractivity contribution in [3.05, 3.63) is 229 Å². The van der Waals surface area contributed by atoms with Gasteiger partial charge in [0.2, 0.25) is 0 Å². The third-order valence-corrected chi connectivity index (χ3v) is 13.4. The third kappa shape index (κ3) is 4.04. The Hall–Kier alpha value is -7.16. The van der Waals surface area contributed by atoms with Gasteiger partial charge >= 0.3 is 0 Å². The van der Waals surface area contributed by atoms with Gasteiger partial charge in [0, 0.05) is 44.8 Å². The van der Waals surface area contributed by atoms with Gasteiger partial charge in [-0.25, -0.2) is 0 Å². The van der Waals surface area contributed by atoms with Crippen LogP contribution in [0.15, 0.2) is 206 Å². The maximum atomic E-state index is 2.48. The SMILES string of the molecule is C1=CC2c3ccccc3C3(c4ccccc4-c4cc(-n5c6ccccc6c6cc(-c7ccc8c(c7)c7ccccc7n8-c7ccccc7)ccc65)ccc43)C2C=C1. The van der Waals surface area contributed by atoms with E-state index in [1.807, 2.05) is 0 Å². The minimum atomic E-state index is -0.225. The van der Waals surface area contributed by atoms with E-state index in [1.54, 1.807) is 0 Å². The Morgan fingerprint density at radius 3 is 1.67 bits per heavy atom. The molecule has 0 saturated heterocycles. The number of hydrogen-bond acceptors (Lipinski definition) is 0. The zero-order valence-electron chi connectivity index (χ0n) is 31.2. The smallest absolute Gasteiger partial charge is 0.0541 e. The highest BCUT2D eigenvalue weighted by Crippen LogP contribution is 2.65. The molecule has 0 bridgehead atoms. The Balaban J connectivity index is 0.991. The van der Waals surface area contributed by atoms with Crippen LogP contribution in [0.5, 0.6) is 0 Å². The van der Waals surface area contributed by atoms with E-state index in [-0.39, 0.29) is 5.41 Å². The summed E-state index contributed by atoms with van der Waals surface area (Å²) < 4.78 is 4.86. The zero-order chi connectivity index (χ0) is 37.2. The van der Waals surface area contributed by atoms with Crippen molar-refractivity contribution in [3.63, 3.8) is 0 Å². The predicted octanol–water partition coefficient (Wildman–Crippen LogP) is 13.7. The van der Waals surface area contributed by atoms with E-state index in [1.165, 1.54) is 99.5 Å². The number of hydrogen-bond donors (Lipinski definition) is 0. The lowest BCUT2D eigenvalue weighted by molar-refractivity contribution is 0.465. The molecule has 0 fully saturated rings. The summed E-state index contributed by atoms with van der Waals surface area (Å²) in [6.07, 6.45) is 9.38. The van der Waals surface area contributed by atoms with E-state index in [0.29, 0.717) is 11.8 Å². The summed E-state index contributed by atoms with van der Waals surface area (Å²) >= 11 is 0. The van der Waals surface area contributed by atoms with Crippen LogP contribution in [0.2, 0.25) is 0 Å². The lowest BCUT2D eigenvalue weighted by Gasteiger charge is -2.36. The molecule has 0 saturated carbocycles. The average molecular weight is 725 g/mol. The number of nitrogens with zero attached hydrogens (tertiary/aromatic N) is 2. The standard InChI is InChI=1S/C55H36N2/c1-2-14-37(15-3-1)56-51-24-12-7-19-42(51)45-32-35(26-30-53(45)56)36-27-31-54-46(33-36)43-20-8-13-25-52(43)57(54)38-28-29-50-44(34-38)41-18-6-11-23-49(41)55(50)47-21-9-4-16-39(47)40-17-5-10-22-48(40)55/h1-34,39,47H. The lowest BCUT2D eigenvalue weighted by atomic mass is 9.65. The number of aromatic nitrogens is 2. The van der Waals surface area contributed by atoms with E-state index < -0.39 is 0 Å². The van der Waals surface area contributed by atoms with Crippen LogP contribution in [0.3, 0.4) is 0 Å². The summed E-state index contributed by atoms with van der Waals surface area (Å²) in [7, 11) is 0. The first-order valence-electron chi connectivity index (χ1n) is 20.1. The Bertz CT molecular complexity index is 3370. The quantitative estimate of drug-likeness (QED) is 0.172. The van der Waals surface area contributed by atoms with Crippen molar-refractivity contribution >= 4 is 43.6 Å². The average Bonchev–Trinajstić information content (AvgIpc) is 3.98. The predicted molar refractivity (Wildman–Crippen MR) is 237 cm³/mol.